The molecule has 0 atom stereocenters. The van der Waals surface area contributed by atoms with Gasteiger partial charge < -0.3 is 4.74 Å². The number of nitrogens with zero attached hydrogens (tertiary/aromatic N) is 1. The molecule has 0 bridgehead atoms. The van der Waals surface area contributed by atoms with Crippen LogP contribution < -0.4 is 10.1 Å². The number of thiazole rings is 1. The summed E-state index contributed by atoms with van der Waals surface area (Å²) in [6.45, 7) is -0.258. The number of alkyl halides is 3. The summed E-state index contributed by atoms with van der Waals surface area (Å²) >= 11 is 0.979. The number of para-hydroxylation sites is 2. The zero-order valence-electron chi connectivity index (χ0n) is 12.1. The maximum absolute atomic E-state index is 13.0. The minimum Gasteiger partial charge on any atom is -0.484 e. The van der Waals surface area contributed by atoms with Crippen molar-refractivity contribution in [2.45, 2.75) is 6.18 Å². The highest BCUT2D eigenvalue weighted by atomic mass is 32.1. The molecule has 0 fully saturated rings. The van der Waals surface area contributed by atoms with Crippen molar-refractivity contribution in [1.29, 1.82) is 0 Å². The van der Waals surface area contributed by atoms with Gasteiger partial charge in [0.2, 0.25) is 0 Å². The fourth-order valence-electron chi connectivity index (χ4n) is 2.05. The van der Waals surface area contributed by atoms with E-state index in [9.17, 15) is 18.0 Å². The Balaban J connectivity index is 1.72. The fourth-order valence-corrected chi connectivity index (χ4v) is 2.96. The minimum absolute atomic E-state index is 0.100. The molecule has 0 spiro atoms. The van der Waals surface area contributed by atoms with E-state index in [4.69, 9.17) is 4.74 Å². The predicted octanol–water partition coefficient (Wildman–Crippen LogP) is 4.33. The van der Waals surface area contributed by atoms with E-state index in [1.807, 2.05) is 6.07 Å². The van der Waals surface area contributed by atoms with E-state index in [0.29, 0.717) is 10.4 Å². The molecular weight excluding hydrogens is 341 g/mol. The second kappa shape index (κ2) is 6.48. The molecule has 3 aromatic rings. The van der Waals surface area contributed by atoms with Crippen molar-refractivity contribution in [3.05, 3.63) is 54.1 Å². The van der Waals surface area contributed by atoms with Crippen LogP contribution >= 0.6 is 11.3 Å². The van der Waals surface area contributed by atoms with Crippen LogP contribution in [0.1, 0.15) is 5.56 Å². The number of anilines is 1. The molecule has 8 heteroatoms. The van der Waals surface area contributed by atoms with Crippen molar-refractivity contribution < 1.29 is 22.7 Å². The molecule has 0 aliphatic heterocycles. The number of aromatic nitrogens is 1. The lowest BCUT2D eigenvalue weighted by molar-refractivity contribution is -0.136. The maximum Gasteiger partial charge on any atom is 0.418 e. The average Bonchev–Trinajstić information content (AvgIpc) is 2.95. The van der Waals surface area contributed by atoms with Gasteiger partial charge in [-0.3, -0.25) is 10.1 Å². The molecule has 0 radical (unpaired) electrons. The molecule has 1 aromatic heterocycles. The van der Waals surface area contributed by atoms with Crippen molar-refractivity contribution in [2.24, 2.45) is 0 Å². The first-order valence-corrected chi connectivity index (χ1v) is 7.69. The SMILES string of the molecule is O=C(COc1ccccc1)Nc1nc2c(C(F)(F)F)cccc2s1. The summed E-state index contributed by atoms with van der Waals surface area (Å²) < 4.78 is 44.5. The van der Waals surface area contributed by atoms with Crippen molar-refractivity contribution in [1.82, 2.24) is 4.98 Å². The topological polar surface area (TPSA) is 51.2 Å². The number of hydrogen-bond donors (Lipinski definition) is 1. The summed E-state index contributed by atoms with van der Waals surface area (Å²) in [7, 11) is 0. The first-order chi connectivity index (χ1) is 11.4. The minimum atomic E-state index is -4.49. The monoisotopic (exact) mass is 352 g/mol. The summed E-state index contributed by atoms with van der Waals surface area (Å²) in [6, 6.07) is 12.5. The van der Waals surface area contributed by atoms with Crippen LogP contribution in [-0.4, -0.2) is 17.5 Å². The lowest BCUT2D eigenvalue weighted by Gasteiger charge is -2.06. The van der Waals surface area contributed by atoms with E-state index in [2.05, 4.69) is 10.3 Å². The van der Waals surface area contributed by atoms with E-state index in [0.717, 1.165) is 17.4 Å². The van der Waals surface area contributed by atoms with Gasteiger partial charge in [0, 0.05) is 0 Å². The molecule has 0 aliphatic rings. The van der Waals surface area contributed by atoms with E-state index in [1.165, 1.54) is 12.1 Å². The Morgan fingerprint density at radius 2 is 1.88 bits per heavy atom. The molecule has 0 saturated carbocycles. The molecule has 24 heavy (non-hydrogen) atoms. The summed E-state index contributed by atoms with van der Waals surface area (Å²) in [4.78, 5) is 15.7. The number of carbonyl (C=O) groups excluding carboxylic acids is 1. The number of hydrogen-bond acceptors (Lipinski definition) is 4. The molecule has 0 aliphatic carbocycles. The van der Waals surface area contributed by atoms with Crippen molar-refractivity contribution in [3.8, 4) is 5.75 Å². The van der Waals surface area contributed by atoms with Crippen LogP contribution in [0.5, 0.6) is 5.75 Å². The Morgan fingerprint density at radius 1 is 1.12 bits per heavy atom. The Kier molecular flexibility index (Phi) is 4.39. The normalized spacial score (nSPS) is 11.5. The van der Waals surface area contributed by atoms with Gasteiger partial charge in [0.1, 0.15) is 5.75 Å². The lowest BCUT2D eigenvalue weighted by atomic mass is 10.2. The van der Waals surface area contributed by atoms with Gasteiger partial charge in [0.15, 0.2) is 11.7 Å². The molecule has 124 valence electrons. The number of benzene rings is 2. The van der Waals surface area contributed by atoms with Gasteiger partial charge in [0.25, 0.3) is 5.91 Å². The zero-order chi connectivity index (χ0) is 17.2. The second-order valence-electron chi connectivity index (χ2n) is 4.82. The first-order valence-electron chi connectivity index (χ1n) is 6.88. The quantitative estimate of drug-likeness (QED) is 0.760. The van der Waals surface area contributed by atoms with Crippen LogP contribution in [0.3, 0.4) is 0 Å². The highest BCUT2D eigenvalue weighted by molar-refractivity contribution is 7.22. The number of amides is 1. The van der Waals surface area contributed by atoms with Crippen molar-refractivity contribution in [3.63, 3.8) is 0 Å². The van der Waals surface area contributed by atoms with Gasteiger partial charge in [-0.2, -0.15) is 13.2 Å². The van der Waals surface area contributed by atoms with Crippen LogP contribution in [0.2, 0.25) is 0 Å². The molecule has 2 aromatic carbocycles. The molecule has 0 saturated heterocycles. The number of ether oxygens (including phenoxy) is 1. The Bertz CT molecular complexity index is 863. The number of carbonyl (C=O) groups is 1. The van der Waals surface area contributed by atoms with E-state index in [1.54, 1.807) is 24.3 Å². The zero-order valence-corrected chi connectivity index (χ0v) is 12.9. The van der Waals surface area contributed by atoms with E-state index < -0.39 is 17.6 Å². The van der Waals surface area contributed by atoms with Gasteiger partial charge in [0.05, 0.1) is 15.8 Å². The van der Waals surface area contributed by atoms with Crippen molar-refractivity contribution in [2.75, 3.05) is 11.9 Å². The van der Waals surface area contributed by atoms with Gasteiger partial charge >= 0.3 is 6.18 Å². The summed E-state index contributed by atoms with van der Waals surface area (Å²) in [6.07, 6.45) is -4.49. The van der Waals surface area contributed by atoms with Crippen molar-refractivity contribution >= 4 is 32.6 Å². The molecule has 4 nitrogen and oxygen atoms in total. The number of nitrogens with one attached hydrogen (secondary N) is 1. The third-order valence-corrected chi connectivity index (χ3v) is 4.02. The van der Waals surface area contributed by atoms with Gasteiger partial charge in [-0.15, -0.1) is 0 Å². The third kappa shape index (κ3) is 3.65. The fraction of sp³-hybridized carbons (Fsp3) is 0.125. The number of halogens is 3. The van der Waals surface area contributed by atoms with E-state index >= 15 is 0 Å². The lowest BCUT2D eigenvalue weighted by Crippen LogP contribution is -2.20. The molecule has 0 unspecified atom stereocenters. The standard InChI is InChI=1S/C16H11F3N2O2S/c17-16(18,19)11-7-4-8-12-14(11)21-15(24-12)20-13(22)9-23-10-5-2-1-3-6-10/h1-8H,9H2,(H,20,21,22). The third-order valence-electron chi connectivity index (χ3n) is 3.08. The van der Waals surface area contributed by atoms with Gasteiger partial charge in [-0.25, -0.2) is 4.98 Å². The van der Waals surface area contributed by atoms with Crippen LogP contribution in [0, 0.1) is 0 Å². The molecule has 1 N–H and O–H groups in total. The molecule has 1 amide bonds. The summed E-state index contributed by atoms with van der Waals surface area (Å²) in [5, 5.41) is 2.56. The van der Waals surface area contributed by atoms with Crippen LogP contribution in [0.15, 0.2) is 48.5 Å². The summed E-state index contributed by atoms with van der Waals surface area (Å²) in [5.41, 5.74) is -0.994. The number of fused-ring (bicyclic) bond motifs is 1. The highest BCUT2D eigenvalue weighted by Crippen LogP contribution is 2.37. The Labute approximate surface area is 138 Å². The molecule has 1 heterocycles. The van der Waals surface area contributed by atoms with Gasteiger partial charge in [-0.05, 0) is 24.3 Å². The largest absolute Gasteiger partial charge is 0.484 e. The number of rotatable bonds is 4. The Morgan fingerprint density at radius 3 is 2.58 bits per heavy atom. The molecular formula is C16H11F3N2O2S. The predicted molar refractivity (Wildman–Crippen MR) is 85.2 cm³/mol. The molecule has 3 rings (SSSR count). The first kappa shape index (κ1) is 16.3. The highest BCUT2D eigenvalue weighted by Gasteiger charge is 2.33. The second-order valence-corrected chi connectivity index (χ2v) is 5.85. The summed E-state index contributed by atoms with van der Waals surface area (Å²) in [5.74, 6) is 0.0303. The van der Waals surface area contributed by atoms with Crippen LogP contribution in [-0.2, 0) is 11.0 Å². The van der Waals surface area contributed by atoms with E-state index in [-0.39, 0.29) is 17.3 Å². The average molecular weight is 352 g/mol. The smallest absolute Gasteiger partial charge is 0.418 e. The Hall–Kier alpha value is -2.61. The van der Waals surface area contributed by atoms with Crippen LogP contribution in [0.4, 0.5) is 18.3 Å². The van der Waals surface area contributed by atoms with Gasteiger partial charge in [-0.1, -0.05) is 35.6 Å². The maximum atomic E-state index is 13.0. The van der Waals surface area contributed by atoms with Crippen LogP contribution in [0.25, 0.3) is 10.2 Å².